The van der Waals surface area contributed by atoms with E-state index in [0.717, 1.165) is 6.20 Å². The molecule has 1 N–H and O–H groups in total. The summed E-state index contributed by atoms with van der Waals surface area (Å²) in [5.41, 5.74) is -1.54. The number of nitrogens with zero attached hydrogens (tertiary/aromatic N) is 4. The lowest BCUT2D eigenvalue weighted by Gasteiger charge is -2.13. The van der Waals surface area contributed by atoms with Gasteiger partial charge >= 0.3 is 0 Å². The van der Waals surface area contributed by atoms with Crippen LogP contribution in [0.1, 0.15) is 17.3 Å². The summed E-state index contributed by atoms with van der Waals surface area (Å²) < 4.78 is 43.8. The number of amides is 1. The lowest BCUT2D eigenvalue weighted by Crippen LogP contribution is -2.32. The molecule has 7 nitrogen and oxygen atoms in total. The number of aryl methyl sites for hydroxylation is 1. The predicted molar refractivity (Wildman–Crippen MR) is 86.1 cm³/mol. The smallest absolute Gasteiger partial charge is 0.256 e. The molecule has 3 aromatic rings. The Labute approximate surface area is 145 Å². The number of fused-ring (bicyclic) bond motifs is 1. The number of hydrogen-bond acceptors (Lipinski definition) is 4. The molecule has 136 valence electrons. The molecule has 2 heterocycles. The fourth-order valence-corrected chi connectivity index (χ4v) is 2.60. The van der Waals surface area contributed by atoms with Gasteiger partial charge in [0, 0.05) is 19.3 Å². The van der Waals surface area contributed by atoms with Crippen LogP contribution < -0.4 is 10.7 Å². The first-order chi connectivity index (χ1) is 12.4. The van der Waals surface area contributed by atoms with Crippen molar-refractivity contribution in [3.8, 4) is 0 Å². The van der Waals surface area contributed by atoms with E-state index in [4.69, 9.17) is 0 Å². The van der Waals surface area contributed by atoms with Gasteiger partial charge in [-0.15, -0.1) is 0 Å². The average Bonchev–Trinajstić information content (AvgIpc) is 3.14. The van der Waals surface area contributed by atoms with Crippen molar-refractivity contribution in [2.45, 2.75) is 20.0 Å². The molecule has 0 spiro atoms. The zero-order valence-corrected chi connectivity index (χ0v) is 13.7. The third kappa shape index (κ3) is 3.05. The minimum atomic E-state index is -1.66. The fourth-order valence-electron chi connectivity index (χ4n) is 2.60. The zero-order chi connectivity index (χ0) is 18.8. The fraction of sp³-hybridized carbons (Fsp3) is 0.250. The second-order valence-electron chi connectivity index (χ2n) is 5.45. The van der Waals surface area contributed by atoms with E-state index in [1.165, 1.54) is 21.9 Å². The van der Waals surface area contributed by atoms with E-state index < -0.39 is 34.2 Å². The van der Waals surface area contributed by atoms with Crippen LogP contribution in [0.4, 0.5) is 13.2 Å². The van der Waals surface area contributed by atoms with Crippen molar-refractivity contribution < 1.29 is 18.0 Å². The summed E-state index contributed by atoms with van der Waals surface area (Å²) in [6.45, 7) is 2.27. The highest BCUT2D eigenvalue weighted by molar-refractivity contribution is 5.97. The molecule has 0 aliphatic rings. The van der Waals surface area contributed by atoms with E-state index in [-0.39, 0.29) is 24.2 Å². The van der Waals surface area contributed by atoms with Crippen LogP contribution in [0.2, 0.25) is 0 Å². The number of hydrogen-bond donors (Lipinski definition) is 1. The van der Waals surface area contributed by atoms with E-state index in [1.54, 1.807) is 6.92 Å². The number of carbonyl (C=O) groups is 1. The molecule has 3 rings (SSSR count). The first-order valence-corrected chi connectivity index (χ1v) is 7.75. The van der Waals surface area contributed by atoms with Crippen molar-refractivity contribution in [3.63, 3.8) is 0 Å². The second-order valence-corrected chi connectivity index (χ2v) is 5.45. The van der Waals surface area contributed by atoms with Gasteiger partial charge in [-0.3, -0.25) is 14.3 Å². The SMILES string of the molecule is CCn1cc(C(=O)NCCn2cncn2)c(=O)c2cc(F)c(F)c(F)c21. The molecule has 0 bridgehead atoms. The van der Waals surface area contributed by atoms with Gasteiger partial charge < -0.3 is 9.88 Å². The molecule has 0 fully saturated rings. The van der Waals surface area contributed by atoms with Gasteiger partial charge in [0.05, 0.1) is 17.4 Å². The molecule has 2 aromatic heterocycles. The largest absolute Gasteiger partial charge is 0.350 e. The van der Waals surface area contributed by atoms with Crippen molar-refractivity contribution >= 4 is 16.8 Å². The highest BCUT2D eigenvalue weighted by Crippen LogP contribution is 2.21. The van der Waals surface area contributed by atoms with Crippen molar-refractivity contribution in [1.82, 2.24) is 24.6 Å². The predicted octanol–water partition coefficient (Wildman–Crippen LogP) is 1.46. The molecule has 0 radical (unpaired) electrons. The number of halogens is 3. The van der Waals surface area contributed by atoms with Crippen molar-refractivity contribution in [3.05, 3.63) is 58.2 Å². The Morgan fingerprint density at radius 2 is 2.04 bits per heavy atom. The molecular weight excluding hydrogens is 351 g/mol. The van der Waals surface area contributed by atoms with Crippen molar-refractivity contribution in [2.24, 2.45) is 0 Å². The molecule has 0 atom stereocenters. The lowest BCUT2D eigenvalue weighted by atomic mass is 10.1. The lowest BCUT2D eigenvalue weighted by molar-refractivity contribution is 0.0950. The first kappa shape index (κ1) is 17.6. The monoisotopic (exact) mass is 365 g/mol. The molecule has 26 heavy (non-hydrogen) atoms. The number of rotatable bonds is 5. The van der Waals surface area contributed by atoms with Gasteiger partial charge in [-0.25, -0.2) is 18.2 Å². The van der Waals surface area contributed by atoms with Crippen LogP contribution in [0.15, 0.2) is 29.7 Å². The molecular formula is C16H14F3N5O2. The Bertz CT molecular complexity index is 1030. The summed E-state index contributed by atoms with van der Waals surface area (Å²) in [6.07, 6.45) is 3.94. The van der Waals surface area contributed by atoms with E-state index in [1.807, 2.05) is 0 Å². The summed E-state index contributed by atoms with van der Waals surface area (Å²) in [5, 5.41) is 6.00. The van der Waals surface area contributed by atoms with Crippen molar-refractivity contribution in [2.75, 3.05) is 6.54 Å². The van der Waals surface area contributed by atoms with Gasteiger partial charge in [0.2, 0.25) is 5.43 Å². The minimum absolute atomic E-state index is 0.151. The first-order valence-electron chi connectivity index (χ1n) is 7.75. The summed E-state index contributed by atoms with van der Waals surface area (Å²) in [4.78, 5) is 28.6. The summed E-state index contributed by atoms with van der Waals surface area (Å²) in [6, 6.07) is 0.606. The Morgan fingerprint density at radius 3 is 2.69 bits per heavy atom. The number of nitrogens with one attached hydrogen (secondary N) is 1. The maximum absolute atomic E-state index is 14.1. The molecule has 0 unspecified atom stereocenters. The molecule has 10 heteroatoms. The van der Waals surface area contributed by atoms with Gasteiger partial charge in [0.25, 0.3) is 5.91 Å². The third-order valence-corrected chi connectivity index (χ3v) is 3.88. The zero-order valence-electron chi connectivity index (χ0n) is 13.7. The van der Waals surface area contributed by atoms with Crippen molar-refractivity contribution in [1.29, 1.82) is 0 Å². The topological polar surface area (TPSA) is 81.8 Å². The van der Waals surface area contributed by atoms with E-state index in [9.17, 15) is 22.8 Å². The highest BCUT2D eigenvalue weighted by Gasteiger charge is 2.21. The van der Waals surface area contributed by atoms with Gasteiger partial charge in [0.15, 0.2) is 17.5 Å². The van der Waals surface area contributed by atoms with Gasteiger partial charge in [-0.2, -0.15) is 5.10 Å². The Kier molecular flexibility index (Phi) is 4.74. The van der Waals surface area contributed by atoms with E-state index in [2.05, 4.69) is 15.4 Å². The second kappa shape index (κ2) is 6.98. The molecule has 0 aliphatic heterocycles. The maximum Gasteiger partial charge on any atom is 0.256 e. The van der Waals surface area contributed by atoms with Crippen LogP contribution in [-0.4, -0.2) is 31.8 Å². The Morgan fingerprint density at radius 1 is 1.27 bits per heavy atom. The number of aromatic nitrogens is 4. The van der Waals surface area contributed by atoms with Crippen LogP contribution in [0, 0.1) is 17.5 Å². The van der Waals surface area contributed by atoms with Gasteiger partial charge in [0.1, 0.15) is 18.2 Å². The highest BCUT2D eigenvalue weighted by atomic mass is 19.2. The van der Waals surface area contributed by atoms with E-state index in [0.29, 0.717) is 12.6 Å². The van der Waals surface area contributed by atoms with Crippen LogP contribution >= 0.6 is 0 Å². The van der Waals surface area contributed by atoms with Crippen LogP contribution in [0.3, 0.4) is 0 Å². The summed E-state index contributed by atoms with van der Waals surface area (Å²) in [5.74, 6) is -5.32. The Balaban J connectivity index is 1.98. The standard InChI is InChI=1S/C16H14F3N5O2/c1-2-23-6-10(16(26)21-3-4-24-8-20-7-22-24)15(25)9-5-11(17)12(18)13(19)14(9)23/h5-8H,2-4H2,1H3,(H,21,26). The molecule has 1 aromatic carbocycles. The average molecular weight is 365 g/mol. The number of pyridine rings is 1. The maximum atomic E-state index is 14.1. The van der Waals surface area contributed by atoms with Crippen LogP contribution in [0.5, 0.6) is 0 Å². The third-order valence-electron chi connectivity index (χ3n) is 3.88. The number of benzene rings is 1. The van der Waals surface area contributed by atoms with Gasteiger partial charge in [-0.1, -0.05) is 0 Å². The summed E-state index contributed by atoms with van der Waals surface area (Å²) in [7, 11) is 0. The van der Waals surface area contributed by atoms with Crippen LogP contribution in [0.25, 0.3) is 10.9 Å². The van der Waals surface area contributed by atoms with Crippen LogP contribution in [-0.2, 0) is 13.1 Å². The molecule has 0 saturated heterocycles. The van der Waals surface area contributed by atoms with E-state index >= 15 is 0 Å². The normalized spacial score (nSPS) is 11.1. The minimum Gasteiger partial charge on any atom is -0.350 e. The molecule has 0 aliphatic carbocycles. The Hall–Kier alpha value is -3.17. The number of carbonyl (C=O) groups excluding carboxylic acids is 1. The molecule has 1 amide bonds. The van der Waals surface area contributed by atoms with Gasteiger partial charge in [-0.05, 0) is 13.0 Å². The quantitative estimate of drug-likeness (QED) is 0.694. The molecule has 0 saturated carbocycles. The summed E-state index contributed by atoms with van der Waals surface area (Å²) >= 11 is 0.